The van der Waals surface area contributed by atoms with Gasteiger partial charge in [-0.25, -0.2) is 0 Å². The third-order valence-electron chi connectivity index (χ3n) is 2.89. The summed E-state index contributed by atoms with van der Waals surface area (Å²) >= 11 is 0. The Hall–Kier alpha value is -1.09. The fourth-order valence-electron chi connectivity index (χ4n) is 1.69. The number of nitrogens with one attached hydrogen (secondary N) is 1. The second-order valence-electron chi connectivity index (χ2n) is 4.27. The average molecular weight is 236 g/mol. The van der Waals surface area contributed by atoms with Gasteiger partial charge in [0.1, 0.15) is 5.75 Å². The molecule has 1 aromatic rings. The molecule has 1 rings (SSSR count). The van der Waals surface area contributed by atoms with Gasteiger partial charge in [-0.3, -0.25) is 4.98 Å². The third kappa shape index (κ3) is 4.35. The number of aromatic nitrogens is 1. The van der Waals surface area contributed by atoms with Crippen LogP contribution in [0.1, 0.15) is 52.3 Å². The SMILES string of the molecule is CCNC(CC)c1ccc(OC(C)CC)cn1. The molecule has 3 heteroatoms. The summed E-state index contributed by atoms with van der Waals surface area (Å²) in [7, 11) is 0. The maximum absolute atomic E-state index is 5.71. The van der Waals surface area contributed by atoms with Crippen LogP contribution in [0.3, 0.4) is 0 Å². The molecule has 0 amide bonds. The molecule has 0 aliphatic carbocycles. The minimum absolute atomic E-state index is 0.249. The van der Waals surface area contributed by atoms with Crippen LogP contribution in [0, 0.1) is 0 Å². The molecule has 0 aromatic carbocycles. The minimum atomic E-state index is 0.249. The van der Waals surface area contributed by atoms with E-state index in [1.807, 2.05) is 12.3 Å². The Bertz CT molecular complexity index is 311. The average Bonchev–Trinajstić information content (AvgIpc) is 2.37. The first kappa shape index (κ1) is 14.0. The van der Waals surface area contributed by atoms with E-state index >= 15 is 0 Å². The molecule has 0 bridgehead atoms. The van der Waals surface area contributed by atoms with Crippen LogP contribution in [0.4, 0.5) is 0 Å². The summed E-state index contributed by atoms with van der Waals surface area (Å²) in [6, 6.07) is 4.40. The lowest BCUT2D eigenvalue weighted by Crippen LogP contribution is -2.21. The van der Waals surface area contributed by atoms with Crippen molar-refractivity contribution in [1.82, 2.24) is 10.3 Å². The number of ether oxygens (including phenoxy) is 1. The minimum Gasteiger partial charge on any atom is -0.489 e. The van der Waals surface area contributed by atoms with E-state index in [4.69, 9.17) is 4.74 Å². The van der Waals surface area contributed by atoms with Crippen molar-refractivity contribution in [2.24, 2.45) is 0 Å². The Balaban J connectivity index is 2.66. The van der Waals surface area contributed by atoms with Gasteiger partial charge in [-0.1, -0.05) is 20.8 Å². The molecule has 2 atom stereocenters. The molecule has 0 saturated carbocycles. The fourth-order valence-corrected chi connectivity index (χ4v) is 1.69. The monoisotopic (exact) mass is 236 g/mol. The highest BCUT2D eigenvalue weighted by atomic mass is 16.5. The van der Waals surface area contributed by atoms with Gasteiger partial charge < -0.3 is 10.1 Å². The zero-order chi connectivity index (χ0) is 12.7. The molecular formula is C14H24N2O. The van der Waals surface area contributed by atoms with Crippen LogP contribution in [0.25, 0.3) is 0 Å². The summed E-state index contributed by atoms with van der Waals surface area (Å²) in [6.45, 7) is 9.43. The predicted molar refractivity (Wildman–Crippen MR) is 71.3 cm³/mol. The molecule has 0 aliphatic heterocycles. The molecule has 0 aliphatic rings. The molecule has 96 valence electrons. The van der Waals surface area contributed by atoms with Gasteiger partial charge in [0.2, 0.25) is 0 Å². The van der Waals surface area contributed by atoms with Crippen molar-refractivity contribution in [3.05, 3.63) is 24.0 Å². The van der Waals surface area contributed by atoms with Gasteiger partial charge in [0.05, 0.1) is 18.0 Å². The molecule has 17 heavy (non-hydrogen) atoms. The van der Waals surface area contributed by atoms with Crippen LogP contribution < -0.4 is 10.1 Å². The van der Waals surface area contributed by atoms with Gasteiger partial charge in [-0.2, -0.15) is 0 Å². The van der Waals surface area contributed by atoms with E-state index in [1.54, 1.807) is 0 Å². The van der Waals surface area contributed by atoms with Gasteiger partial charge in [-0.15, -0.1) is 0 Å². The summed E-state index contributed by atoms with van der Waals surface area (Å²) in [5, 5.41) is 3.42. The van der Waals surface area contributed by atoms with Crippen molar-refractivity contribution >= 4 is 0 Å². The van der Waals surface area contributed by atoms with Gasteiger partial charge >= 0.3 is 0 Å². The Morgan fingerprint density at radius 3 is 2.47 bits per heavy atom. The Labute approximate surface area is 105 Å². The Morgan fingerprint density at radius 2 is 2.00 bits per heavy atom. The fraction of sp³-hybridized carbons (Fsp3) is 0.643. The van der Waals surface area contributed by atoms with Gasteiger partial charge in [0.25, 0.3) is 0 Å². The molecule has 0 radical (unpaired) electrons. The van der Waals surface area contributed by atoms with Crippen molar-refractivity contribution in [1.29, 1.82) is 0 Å². The van der Waals surface area contributed by atoms with Crippen LogP contribution in [0.15, 0.2) is 18.3 Å². The lowest BCUT2D eigenvalue weighted by molar-refractivity contribution is 0.216. The van der Waals surface area contributed by atoms with E-state index in [2.05, 4.69) is 44.1 Å². The van der Waals surface area contributed by atoms with E-state index in [0.29, 0.717) is 6.04 Å². The van der Waals surface area contributed by atoms with Gasteiger partial charge in [0, 0.05) is 6.04 Å². The predicted octanol–water partition coefficient (Wildman–Crippen LogP) is 3.32. The van der Waals surface area contributed by atoms with Crippen molar-refractivity contribution < 1.29 is 4.74 Å². The first-order valence-corrected chi connectivity index (χ1v) is 6.57. The van der Waals surface area contributed by atoms with Crippen molar-refractivity contribution in [2.75, 3.05) is 6.54 Å². The second kappa shape index (κ2) is 7.28. The number of pyridine rings is 1. The lowest BCUT2D eigenvalue weighted by Gasteiger charge is -2.16. The summed E-state index contributed by atoms with van der Waals surface area (Å²) in [5.74, 6) is 0.856. The largest absolute Gasteiger partial charge is 0.489 e. The van der Waals surface area contributed by atoms with Crippen LogP contribution in [-0.4, -0.2) is 17.6 Å². The molecule has 0 fully saturated rings. The molecule has 0 saturated heterocycles. The number of rotatable bonds is 7. The summed E-state index contributed by atoms with van der Waals surface area (Å²) in [6.07, 6.45) is 4.13. The van der Waals surface area contributed by atoms with Crippen LogP contribution in [0.2, 0.25) is 0 Å². The van der Waals surface area contributed by atoms with Gasteiger partial charge in [-0.05, 0) is 38.4 Å². The highest BCUT2D eigenvalue weighted by Crippen LogP contribution is 2.18. The normalized spacial score (nSPS) is 14.4. The van der Waals surface area contributed by atoms with Crippen molar-refractivity contribution in [3.63, 3.8) is 0 Å². The molecule has 2 unspecified atom stereocenters. The van der Waals surface area contributed by atoms with Gasteiger partial charge in [0.15, 0.2) is 0 Å². The lowest BCUT2D eigenvalue weighted by atomic mass is 10.1. The number of hydrogen-bond acceptors (Lipinski definition) is 3. The first-order valence-electron chi connectivity index (χ1n) is 6.57. The molecule has 0 spiro atoms. The zero-order valence-electron chi connectivity index (χ0n) is 11.4. The molecular weight excluding hydrogens is 212 g/mol. The second-order valence-corrected chi connectivity index (χ2v) is 4.27. The van der Waals surface area contributed by atoms with E-state index in [9.17, 15) is 0 Å². The smallest absolute Gasteiger partial charge is 0.138 e. The highest BCUT2D eigenvalue weighted by molar-refractivity contribution is 5.21. The third-order valence-corrected chi connectivity index (χ3v) is 2.89. The molecule has 3 nitrogen and oxygen atoms in total. The summed E-state index contributed by atoms with van der Waals surface area (Å²) in [4.78, 5) is 4.47. The molecule has 1 heterocycles. The summed E-state index contributed by atoms with van der Waals surface area (Å²) < 4.78 is 5.71. The van der Waals surface area contributed by atoms with Crippen molar-refractivity contribution in [3.8, 4) is 5.75 Å². The maximum Gasteiger partial charge on any atom is 0.138 e. The summed E-state index contributed by atoms with van der Waals surface area (Å²) in [5.41, 5.74) is 1.09. The van der Waals surface area contributed by atoms with Crippen LogP contribution in [-0.2, 0) is 0 Å². The molecule has 1 N–H and O–H groups in total. The number of hydrogen-bond donors (Lipinski definition) is 1. The standard InChI is InChI=1S/C14H24N2O/c1-5-11(4)17-12-8-9-14(16-10-12)13(6-2)15-7-3/h8-11,13,15H,5-7H2,1-4H3. The van der Waals surface area contributed by atoms with E-state index in [1.165, 1.54) is 0 Å². The first-order chi connectivity index (χ1) is 8.21. The molecule has 1 aromatic heterocycles. The van der Waals surface area contributed by atoms with Crippen molar-refractivity contribution in [2.45, 2.75) is 52.7 Å². The van der Waals surface area contributed by atoms with E-state index in [-0.39, 0.29) is 6.10 Å². The quantitative estimate of drug-likeness (QED) is 0.788. The number of nitrogens with zero attached hydrogens (tertiary/aromatic N) is 1. The van der Waals surface area contributed by atoms with Crippen LogP contribution in [0.5, 0.6) is 5.75 Å². The van der Waals surface area contributed by atoms with E-state index in [0.717, 1.165) is 30.8 Å². The Morgan fingerprint density at radius 1 is 1.24 bits per heavy atom. The topological polar surface area (TPSA) is 34.1 Å². The zero-order valence-corrected chi connectivity index (χ0v) is 11.4. The van der Waals surface area contributed by atoms with Crippen LogP contribution >= 0.6 is 0 Å². The highest BCUT2D eigenvalue weighted by Gasteiger charge is 2.09. The maximum atomic E-state index is 5.71. The van der Waals surface area contributed by atoms with E-state index < -0.39 is 0 Å². The Kier molecular flexibility index (Phi) is 5.98.